The number of pyridine rings is 1. The maximum Gasteiger partial charge on any atom is 0.422 e. The molecule has 0 bridgehead atoms. The number of hydrogen-bond donors (Lipinski definition) is 1. The number of nitrogens with one attached hydrogen (secondary N) is 1. The number of anilines is 1. The number of carbonyl (C=O) groups excluding carboxylic acids is 3. The number of aromatic nitrogens is 1. The zero-order valence-corrected chi connectivity index (χ0v) is 18.1. The van der Waals surface area contributed by atoms with E-state index in [1.807, 2.05) is 0 Å². The van der Waals surface area contributed by atoms with Crippen LogP contribution in [0.15, 0.2) is 36.5 Å². The van der Waals surface area contributed by atoms with Crippen LogP contribution in [0.5, 0.6) is 11.6 Å². The molecule has 1 atom stereocenters. The zero-order chi connectivity index (χ0) is 24.5. The van der Waals surface area contributed by atoms with Crippen LogP contribution < -0.4 is 19.7 Å². The highest BCUT2D eigenvalue weighted by Crippen LogP contribution is 2.30. The van der Waals surface area contributed by atoms with Crippen LogP contribution in [-0.2, 0) is 16.1 Å². The van der Waals surface area contributed by atoms with Crippen molar-refractivity contribution in [1.82, 2.24) is 15.2 Å². The number of nitrogens with zero attached hydrogens (tertiary/aromatic N) is 3. The lowest BCUT2D eigenvalue weighted by Crippen LogP contribution is -2.35. The second kappa shape index (κ2) is 9.20. The van der Waals surface area contributed by atoms with E-state index < -0.39 is 18.9 Å². The number of hydrogen-bond acceptors (Lipinski definition) is 6. The van der Waals surface area contributed by atoms with Crippen LogP contribution in [0.25, 0.3) is 0 Å². The standard InChI is InChI=1S/C22H21F3N4O5/c1-26-18(30)11-28-10-13-2-3-14(8-16(13)20(28)31)29-7-6-17(21(29)32)34-15-4-5-19(27-9-15)33-12-22(23,24)25/h2-5,8-9,17H,6-7,10-12H2,1H3,(H,26,30)/t17-/m1/s1. The fourth-order valence-electron chi connectivity index (χ4n) is 3.76. The van der Waals surface area contributed by atoms with Crippen molar-refractivity contribution in [2.75, 3.05) is 31.6 Å². The molecular weight excluding hydrogens is 457 g/mol. The molecule has 2 aromatic rings. The molecule has 0 spiro atoms. The molecule has 0 unspecified atom stereocenters. The molecule has 1 fully saturated rings. The van der Waals surface area contributed by atoms with Gasteiger partial charge in [0.25, 0.3) is 11.8 Å². The Morgan fingerprint density at radius 3 is 2.71 bits per heavy atom. The normalized spacial score (nSPS) is 17.7. The quantitative estimate of drug-likeness (QED) is 0.653. The fourth-order valence-corrected chi connectivity index (χ4v) is 3.76. The van der Waals surface area contributed by atoms with Gasteiger partial charge < -0.3 is 24.6 Å². The van der Waals surface area contributed by atoms with E-state index in [-0.39, 0.29) is 35.9 Å². The lowest BCUT2D eigenvalue weighted by molar-refractivity contribution is -0.154. The second-order valence-corrected chi connectivity index (χ2v) is 7.80. The largest absolute Gasteiger partial charge is 0.479 e. The monoisotopic (exact) mass is 478 g/mol. The molecule has 9 nitrogen and oxygen atoms in total. The number of carbonyl (C=O) groups is 3. The molecule has 2 aliphatic rings. The van der Waals surface area contributed by atoms with Gasteiger partial charge in [0.1, 0.15) is 12.3 Å². The minimum atomic E-state index is -4.47. The van der Waals surface area contributed by atoms with E-state index in [2.05, 4.69) is 15.0 Å². The first-order chi connectivity index (χ1) is 16.1. The van der Waals surface area contributed by atoms with Crippen molar-refractivity contribution in [3.63, 3.8) is 0 Å². The van der Waals surface area contributed by atoms with Gasteiger partial charge >= 0.3 is 6.18 Å². The molecule has 3 heterocycles. The smallest absolute Gasteiger partial charge is 0.422 e. The summed E-state index contributed by atoms with van der Waals surface area (Å²) in [5.74, 6) is -0.861. The SMILES string of the molecule is CNC(=O)CN1Cc2ccc(N3CC[C@@H](Oc4ccc(OCC(F)(F)F)nc4)C3=O)cc2C1=O. The number of amides is 3. The molecule has 2 aliphatic heterocycles. The Morgan fingerprint density at radius 2 is 2.03 bits per heavy atom. The molecule has 180 valence electrons. The van der Waals surface area contributed by atoms with E-state index in [1.165, 1.54) is 35.2 Å². The van der Waals surface area contributed by atoms with Crippen LogP contribution in [0.3, 0.4) is 0 Å². The van der Waals surface area contributed by atoms with Gasteiger partial charge in [0.05, 0.1) is 6.20 Å². The Bertz CT molecular complexity index is 1110. The lowest BCUT2D eigenvalue weighted by atomic mass is 10.1. The minimum absolute atomic E-state index is 0.0496. The van der Waals surface area contributed by atoms with Gasteiger partial charge in [0, 0.05) is 43.9 Å². The predicted molar refractivity (Wildman–Crippen MR) is 112 cm³/mol. The molecule has 12 heteroatoms. The zero-order valence-electron chi connectivity index (χ0n) is 18.1. The van der Waals surface area contributed by atoms with Gasteiger partial charge in [-0.15, -0.1) is 0 Å². The third-order valence-corrected chi connectivity index (χ3v) is 5.42. The van der Waals surface area contributed by atoms with Crippen LogP contribution in [0.4, 0.5) is 18.9 Å². The first kappa shape index (κ1) is 23.3. The van der Waals surface area contributed by atoms with Gasteiger partial charge in [-0.05, 0) is 23.8 Å². The number of benzene rings is 1. The maximum atomic E-state index is 12.9. The Morgan fingerprint density at radius 1 is 1.24 bits per heavy atom. The van der Waals surface area contributed by atoms with Crippen molar-refractivity contribution >= 4 is 23.4 Å². The van der Waals surface area contributed by atoms with Crippen molar-refractivity contribution in [1.29, 1.82) is 0 Å². The molecule has 1 saturated heterocycles. The van der Waals surface area contributed by atoms with E-state index in [0.29, 0.717) is 30.8 Å². The topological polar surface area (TPSA) is 101 Å². The van der Waals surface area contributed by atoms with E-state index >= 15 is 0 Å². The number of fused-ring (bicyclic) bond motifs is 1. The van der Waals surface area contributed by atoms with Crippen LogP contribution in [-0.4, -0.2) is 66.6 Å². The minimum Gasteiger partial charge on any atom is -0.479 e. The van der Waals surface area contributed by atoms with Gasteiger partial charge in [0.2, 0.25) is 11.8 Å². The summed E-state index contributed by atoms with van der Waals surface area (Å²) in [5, 5.41) is 2.48. The first-order valence-electron chi connectivity index (χ1n) is 10.4. The molecule has 4 rings (SSSR count). The van der Waals surface area contributed by atoms with E-state index in [0.717, 1.165) is 5.56 Å². The predicted octanol–water partition coefficient (Wildman–Crippen LogP) is 1.91. The van der Waals surface area contributed by atoms with Gasteiger partial charge in [-0.25, -0.2) is 4.98 Å². The number of likely N-dealkylation sites (N-methyl/N-ethyl adjacent to an activating group) is 1. The molecule has 34 heavy (non-hydrogen) atoms. The Balaban J connectivity index is 1.39. The van der Waals surface area contributed by atoms with Gasteiger partial charge in [-0.2, -0.15) is 13.2 Å². The molecular formula is C22H21F3N4O5. The molecule has 0 saturated carbocycles. The van der Waals surface area contributed by atoms with Crippen molar-refractivity contribution in [2.45, 2.75) is 25.2 Å². The maximum absolute atomic E-state index is 12.9. The Kier molecular flexibility index (Phi) is 6.31. The molecule has 1 aromatic carbocycles. The summed E-state index contributed by atoms with van der Waals surface area (Å²) in [6, 6.07) is 7.75. The van der Waals surface area contributed by atoms with Gasteiger partial charge in [-0.1, -0.05) is 6.07 Å². The van der Waals surface area contributed by atoms with Crippen LogP contribution in [0.2, 0.25) is 0 Å². The molecule has 3 amide bonds. The summed E-state index contributed by atoms with van der Waals surface area (Å²) in [5.41, 5.74) is 1.76. The Hall–Kier alpha value is -3.83. The van der Waals surface area contributed by atoms with Gasteiger partial charge in [0.15, 0.2) is 12.7 Å². The van der Waals surface area contributed by atoms with Crippen molar-refractivity contribution in [2.24, 2.45) is 0 Å². The number of halogens is 3. The molecule has 1 aromatic heterocycles. The van der Waals surface area contributed by atoms with Gasteiger partial charge in [-0.3, -0.25) is 14.4 Å². The highest BCUT2D eigenvalue weighted by molar-refractivity contribution is 6.03. The summed E-state index contributed by atoms with van der Waals surface area (Å²) in [6.45, 7) is -0.828. The lowest BCUT2D eigenvalue weighted by Gasteiger charge is -2.18. The molecule has 1 N–H and O–H groups in total. The first-order valence-corrected chi connectivity index (χ1v) is 10.4. The summed E-state index contributed by atoms with van der Waals surface area (Å²) >= 11 is 0. The average Bonchev–Trinajstić information content (AvgIpc) is 3.31. The van der Waals surface area contributed by atoms with Crippen LogP contribution in [0.1, 0.15) is 22.3 Å². The second-order valence-electron chi connectivity index (χ2n) is 7.80. The van der Waals surface area contributed by atoms with Crippen molar-refractivity contribution < 1.29 is 37.0 Å². The van der Waals surface area contributed by atoms with E-state index in [9.17, 15) is 27.6 Å². The molecule has 0 aliphatic carbocycles. The number of rotatable bonds is 7. The highest BCUT2D eigenvalue weighted by Gasteiger charge is 2.36. The van der Waals surface area contributed by atoms with E-state index in [1.54, 1.807) is 18.2 Å². The average molecular weight is 478 g/mol. The summed E-state index contributed by atoms with van der Waals surface area (Å²) in [4.78, 5) is 43.9. The van der Waals surface area contributed by atoms with Crippen molar-refractivity contribution in [3.8, 4) is 11.6 Å². The van der Waals surface area contributed by atoms with Crippen LogP contribution >= 0.6 is 0 Å². The number of alkyl halides is 3. The summed E-state index contributed by atoms with van der Waals surface area (Å²) in [6.07, 6.45) is -3.71. The fraction of sp³-hybridized carbons (Fsp3) is 0.364. The third-order valence-electron chi connectivity index (χ3n) is 5.42. The highest BCUT2D eigenvalue weighted by atomic mass is 19.4. The van der Waals surface area contributed by atoms with Crippen LogP contribution in [0, 0.1) is 0 Å². The summed E-state index contributed by atoms with van der Waals surface area (Å²) in [7, 11) is 1.50. The van der Waals surface area contributed by atoms with E-state index in [4.69, 9.17) is 4.74 Å². The van der Waals surface area contributed by atoms with Crippen molar-refractivity contribution in [3.05, 3.63) is 47.7 Å². The molecule has 0 radical (unpaired) electrons. The Labute approximate surface area is 192 Å². The summed E-state index contributed by atoms with van der Waals surface area (Å²) < 4.78 is 46.9. The third kappa shape index (κ3) is 5.05. The number of ether oxygens (including phenoxy) is 2.